The Bertz CT molecular complexity index is 1360. The van der Waals surface area contributed by atoms with E-state index in [9.17, 15) is 0 Å². The molecule has 0 unspecified atom stereocenters. The van der Waals surface area contributed by atoms with E-state index in [0.29, 0.717) is 22.5 Å². The number of hydrogen-bond donors (Lipinski definition) is 1. The molecule has 7 nitrogen and oxygen atoms in total. The van der Waals surface area contributed by atoms with E-state index >= 15 is 0 Å². The molecule has 0 aliphatic rings. The second-order valence-electron chi connectivity index (χ2n) is 7.31. The summed E-state index contributed by atoms with van der Waals surface area (Å²) in [4.78, 5) is 0. The summed E-state index contributed by atoms with van der Waals surface area (Å²) in [5.74, 6) is 8.25. The van der Waals surface area contributed by atoms with Gasteiger partial charge in [-0.2, -0.15) is 5.10 Å². The highest BCUT2D eigenvalue weighted by molar-refractivity contribution is 7.98. The van der Waals surface area contributed by atoms with Gasteiger partial charge in [0.1, 0.15) is 5.75 Å². The molecular weight excluding hydrogens is 432 g/mol. The molecule has 2 heterocycles. The van der Waals surface area contributed by atoms with Gasteiger partial charge >= 0.3 is 0 Å². The third-order valence-corrected chi connectivity index (χ3v) is 6.22. The zero-order valence-electron chi connectivity index (χ0n) is 18.0. The monoisotopic (exact) mass is 454 g/mol. The van der Waals surface area contributed by atoms with Crippen molar-refractivity contribution in [2.45, 2.75) is 10.9 Å². The molecule has 0 spiro atoms. The molecule has 0 radical (unpaired) electrons. The van der Waals surface area contributed by atoms with Crippen LogP contribution in [0, 0.1) is 0 Å². The number of aromatic nitrogens is 5. The van der Waals surface area contributed by atoms with Gasteiger partial charge in [-0.15, -0.1) is 10.2 Å². The lowest BCUT2D eigenvalue weighted by Gasteiger charge is -2.08. The van der Waals surface area contributed by atoms with E-state index in [4.69, 9.17) is 15.7 Å². The SMILES string of the molecule is COc1ccccc1-c1nnc(SCc2cn(-c3ccccc3)nc2-c2ccccc2)n1N. The van der Waals surface area contributed by atoms with E-state index in [0.717, 1.165) is 28.1 Å². The van der Waals surface area contributed by atoms with E-state index in [2.05, 4.69) is 28.5 Å². The number of nitrogen functional groups attached to an aromatic ring is 1. The molecule has 0 aliphatic heterocycles. The van der Waals surface area contributed by atoms with Gasteiger partial charge in [0.25, 0.3) is 0 Å². The second kappa shape index (κ2) is 9.22. The first-order chi connectivity index (χ1) is 16.2. The Labute approximate surface area is 195 Å². The summed E-state index contributed by atoms with van der Waals surface area (Å²) in [5, 5.41) is 14.1. The number of hydrogen-bond acceptors (Lipinski definition) is 6. The van der Waals surface area contributed by atoms with Crippen LogP contribution in [-0.4, -0.2) is 31.8 Å². The first kappa shape index (κ1) is 20.8. The maximum atomic E-state index is 6.36. The maximum absolute atomic E-state index is 6.36. The normalized spacial score (nSPS) is 10.9. The lowest BCUT2D eigenvalue weighted by molar-refractivity contribution is 0.416. The predicted octanol–water partition coefficient (Wildman–Crippen LogP) is 4.81. The molecule has 0 amide bonds. The largest absolute Gasteiger partial charge is 0.496 e. The quantitative estimate of drug-likeness (QED) is 0.281. The van der Waals surface area contributed by atoms with Gasteiger partial charge in [-0.25, -0.2) is 9.36 Å². The summed E-state index contributed by atoms with van der Waals surface area (Å²) < 4.78 is 8.86. The van der Waals surface area contributed by atoms with Crippen molar-refractivity contribution in [3.8, 4) is 34.1 Å². The van der Waals surface area contributed by atoms with Gasteiger partial charge in [-0.3, -0.25) is 0 Å². The Morgan fingerprint density at radius 3 is 2.33 bits per heavy atom. The smallest absolute Gasteiger partial charge is 0.210 e. The summed E-state index contributed by atoms with van der Waals surface area (Å²) >= 11 is 1.52. The minimum atomic E-state index is 0.554. The van der Waals surface area contributed by atoms with Crippen LogP contribution in [0.1, 0.15) is 5.56 Å². The maximum Gasteiger partial charge on any atom is 0.210 e. The van der Waals surface area contributed by atoms with Gasteiger partial charge in [0, 0.05) is 23.1 Å². The minimum Gasteiger partial charge on any atom is -0.496 e. The van der Waals surface area contributed by atoms with Crippen molar-refractivity contribution < 1.29 is 4.74 Å². The Hall–Kier alpha value is -4.04. The molecule has 2 aromatic heterocycles. The van der Waals surface area contributed by atoms with Crippen LogP contribution < -0.4 is 10.6 Å². The highest BCUT2D eigenvalue weighted by Gasteiger charge is 2.18. The lowest BCUT2D eigenvalue weighted by Crippen LogP contribution is -2.12. The van der Waals surface area contributed by atoms with E-state index in [1.165, 1.54) is 16.4 Å². The van der Waals surface area contributed by atoms with Crippen LogP contribution in [0.2, 0.25) is 0 Å². The number of para-hydroxylation sites is 2. The average molecular weight is 455 g/mol. The number of ether oxygens (including phenoxy) is 1. The molecule has 0 aliphatic carbocycles. The van der Waals surface area contributed by atoms with Crippen LogP contribution in [0.4, 0.5) is 0 Å². The third kappa shape index (κ3) is 4.20. The molecule has 5 aromatic rings. The number of nitrogens with two attached hydrogens (primary N) is 1. The van der Waals surface area contributed by atoms with Gasteiger partial charge in [0.2, 0.25) is 5.16 Å². The number of thioether (sulfide) groups is 1. The molecule has 0 atom stereocenters. The van der Waals surface area contributed by atoms with E-state index in [1.54, 1.807) is 7.11 Å². The fourth-order valence-electron chi connectivity index (χ4n) is 3.60. The fourth-order valence-corrected chi connectivity index (χ4v) is 4.42. The van der Waals surface area contributed by atoms with E-state index < -0.39 is 0 Å². The van der Waals surface area contributed by atoms with Crippen molar-refractivity contribution >= 4 is 11.8 Å². The van der Waals surface area contributed by atoms with Crippen molar-refractivity contribution in [3.63, 3.8) is 0 Å². The summed E-state index contributed by atoms with van der Waals surface area (Å²) in [6, 6.07) is 27.9. The molecule has 0 saturated heterocycles. The van der Waals surface area contributed by atoms with Crippen molar-refractivity contribution in [2.75, 3.05) is 13.0 Å². The highest BCUT2D eigenvalue weighted by Crippen LogP contribution is 2.32. The van der Waals surface area contributed by atoms with Crippen molar-refractivity contribution in [2.24, 2.45) is 0 Å². The van der Waals surface area contributed by atoms with Crippen molar-refractivity contribution in [3.05, 3.63) is 96.7 Å². The Morgan fingerprint density at radius 1 is 0.879 bits per heavy atom. The summed E-state index contributed by atoms with van der Waals surface area (Å²) in [7, 11) is 1.63. The zero-order chi connectivity index (χ0) is 22.6. The van der Waals surface area contributed by atoms with Gasteiger partial charge in [0.15, 0.2) is 5.82 Å². The molecular formula is C25H22N6OS. The predicted molar refractivity (Wildman–Crippen MR) is 131 cm³/mol. The molecule has 33 heavy (non-hydrogen) atoms. The molecule has 164 valence electrons. The van der Waals surface area contributed by atoms with Crippen LogP contribution in [0.15, 0.2) is 96.3 Å². The first-order valence-electron chi connectivity index (χ1n) is 10.4. The minimum absolute atomic E-state index is 0.554. The van der Waals surface area contributed by atoms with Gasteiger partial charge in [0.05, 0.1) is 24.1 Å². The van der Waals surface area contributed by atoms with Gasteiger partial charge in [-0.05, 0) is 24.3 Å². The summed E-state index contributed by atoms with van der Waals surface area (Å²) in [5.41, 5.74) is 4.87. The van der Waals surface area contributed by atoms with Crippen LogP contribution >= 0.6 is 11.8 Å². The molecule has 2 N–H and O–H groups in total. The lowest BCUT2D eigenvalue weighted by atomic mass is 10.1. The molecule has 0 fully saturated rings. The van der Waals surface area contributed by atoms with Gasteiger partial charge in [-0.1, -0.05) is 72.4 Å². The average Bonchev–Trinajstić information content (AvgIpc) is 3.47. The van der Waals surface area contributed by atoms with Crippen LogP contribution in [0.3, 0.4) is 0 Å². The van der Waals surface area contributed by atoms with E-state index in [1.807, 2.05) is 77.5 Å². The molecule has 3 aromatic carbocycles. The van der Waals surface area contributed by atoms with Crippen LogP contribution in [-0.2, 0) is 5.75 Å². The number of rotatable bonds is 7. The standard InChI is InChI=1S/C25H22N6OS/c1-32-22-15-9-8-14-21(22)24-27-28-25(31(24)26)33-17-19-16-30(20-12-6-3-7-13-20)29-23(19)18-10-4-2-5-11-18/h2-16H,17,26H2,1H3. The van der Waals surface area contributed by atoms with Crippen LogP contribution in [0.5, 0.6) is 5.75 Å². The number of methoxy groups -OCH3 is 1. The third-order valence-electron chi connectivity index (χ3n) is 5.23. The Morgan fingerprint density at radius 2 is 1.58 bits per heavy atom. The van der Waals surface area contributed by atoms with Gasteiger partial charge < -0.3 is 10.6 Å². The number of benzene rings is 3. The second-order valence-corrected chi connectivity index (χ2v) is 8.26. The van der Waals surface area contributed by atoms with Crippen molar-refractivity contribution in [1.82, 2.24) is 24.7 Å². The fraction of sp³-hybridized carbons (Fsp3) is 0.0800. The highest BCUT2D eigenvalue weighted by atomic mass is 32.2. The first-order valence-corrected chi connectivity index (χ1v) is 11.4. The van der Waals surface area contributed by atoms with E-state index in [-0.39, 0.29) is 0 Å². The molecule has 0 bridgehead atoms. The summed E-state index contributed by atoms with van der Waals surface area (Å²) in [6.45, 7) is 0. The zero-order valence-corrected chi connectivity index (χ0v) is 18.8. The Kier molecular flexibility index (Phi) is 5.82. The summed E-state index contributed by atoms with van der Waals surface area (Å²) in [6.07, 6.45) is 2.06. The van der Waals surface area contributed by atoms with Crippen LogP contribution in [0.25, 0.3) is 28.3 Å². The number of nitrogens with zero attached hydrogens (tertiary/aromatic N) is 5. The molecule has 5 rings (SSSR count). The molecule has 8 heteroatoms. The Balaban J connectivity index is 1.45. The molecule has 0 saturated carbocycles. The topological polar surface area (TPSA) is 83.8 Å². The van der Waals surface area contributed by atoms with Crippen molar-refractivity contribution in [1.29, 1.82) is 0 Å².